The van der Waals surface area contributed by atoms with E-state index >= 15 is 0 Å². The van der Waals surface area contributed by atoms with Gasteiger partial charge in [-0.2, -0.15) is 0 Å². The van der Waals surface area contributed by atoms with Crippen molar-refractivity contribution in [3.8, 4) is 0 Å². The third-order valence-corrected chi connectivity index (χ3v) is 7.03. The number of benzene rings is 4. The summed E-state index contributed by atoms with van der Waals surface area (Å²) in [5.41, 5.74) is 4.02. The van der Waals surface area contributed by atoms with Gasteiger partial charge in [-0.25, -0.2) is 0 Å². The predicted molar refractivity (Wildman–Crippen MR) is 157 cm³/mol. The summed E-state index contributed by atoms with van der Waals surface area (Å²) in [5, 5.41) is 0. The van der Waals surface area contributed by atoms with Crippen LogP contribution in [0.25, 0.3) is 0 Å². The van der Waals surface area contributed by atoms with Crippen molar-refractivity contribution in [1.29, 1.82) is 0 Å². The maximum absolute atomic E-state index is 11.6. The lowest BCUT2D eigenvalue weighted by Crippen LogP contribution is -2.61. The van der Waals surface area contributed by atoms with E-state index in [9.17, 15) is 4.79 Å². The van der Waals surface area contributed by atoms with Gasteiger partial charge in [-0.15, -0.1) is 0 Å². The maximum atomic E-state index is 11.6. The fourth-order valence-electron chi connectivity index (χ4n) is 4.91. The zero-order chi connectivity index (χ0) is 28.8. The molecule has 1 fully saturated rings. The summed E-state index contributed by atoms with van der Waals surface area (Å²) in [6.07, 6.45) is -3.60. The van der Waals surface area contributed by atoms with Crippen molar-refractivity contribution in [2.75, 3.05) is 6.61 Å². The molecule has 1 saturated heterocycles. The van der Waals surface area contributed by atoms with E-state index in [0.717, 1.165) is 22.3 Å². The van der Waals surface area contributed by atoms with E-state index in [1.54, 1.807) is 0 Å². The average Bonchev–Trinajstić information content (AvgIpc) is 3.05. The lowest BCUT2D eigenvalue weighted by molar-refractivity contribution is -0.317. The quantitative estimate of drug-likeness (QED) is 0.166. The van der Waals surface area contributed by atoms with E-state index < -0.39 is 30.7 Å². The first-order valence-corrected chi connectivity index (χ1v) is 14.1. The Hall–Kier alpha value is -3.85. The Bertz CT molecular complexity index is 1300. The number of carbonyl (C=O) groups is 1. The molecule has 0 saturated carbocycles. The van der Waals surface area contributed by atoms with Gasteiger partial charge in [-0.1, -0.05) is 121 Å². The average molecular weight is 569 g/mol. The van der Waals surface area contributed by atoms with E-state index in [1.165, 1.54) is 0 Å². The van der Waals surface area contributed by atoms with Crippen LogP contribution < -0.4 is 0 Å². The summed E-state index contributed by atoms with van der Waals surface area (Å²) in [6.45, 7) is 1.90. The van der Waals surface area contributed by atoms with Gasteiger partial charge >= 0.3 is 0 Å². The molecule has 1 heterocycles. The summed E-state index contributed by atoms with van der Waals surface area (Å²) in [7, 11) is 0. The van der Waals surface area contributed by atoms with Gasteiger partial charge in [0.2, 0.25) is 6.29 Å². The highest BCUT2D eigenvalue weighted by Crippen LogP contribution is 2.31. The van der Waals surface area contributed by atoms with Gasteiger partial charge in [-0.05, 0) is 22.3 Å². The second-order valence-corrected chi connectivity index (χ2v) is 10.1. The molecule has 0 spiro atoms. The molecule has 0 amide bonds. The van der Waals surface area contributed by atoms with Crippen molar-refractivity contribution in [2.24, 2.45) is 0 Å². The molecule has 0 aliphatic carbocycles. The summed E-state index contributed by atoms with van der Waals surface area (Å²) < 4.78 is 37.4. The highest BCUT2D eigenvalue weighted by molar-refractivity contribution is 5.37. The van der Waals surface area contributed by atoms with Crippen molar-refractivity contribution >= 4 is 6.47 Å². The van der Waals surface area contributed by atoms with Crippen molar-refractivity contribution in [3.63, 3.8) is 0 Å². The molecule has 0 unspecified atom stereocenters. The molecule has 42 heavy (non-hydrogen) atoms. The number of hydrogen-bond donors (Lipinski definition) is 0. The van der Waals surface area contributed by atoms with Crippen LogP contribution in [0.15, 0.2) is 121 Å². The van der Waals surface area contributed by atoms with Crippen LogP contribution in [-0.4, -0.2) is 43.8 Å². The number of hydrogen-bond acceptors (Lipinski definition) is 7. The van der Waals surface area contributed by atoms with E-state index in [4.69, 9.17) is 28.4 Å². The molecule has 4 aromatic rings. The summed E-state index contributed by atoms with van der Waals surface area (Å²) in [5.74, 6) is 0. The predicted octanol–water partition coefficient (Wildman–Crippen LogP) is 5.86. The normalized spacial score (nSPS) is 22.0. The van der Waals surface area contributed by atoms with Gasteiger partial charge in [0, 0.05) is 0 Å². The SMILES string of the molecule is O=CO[C@H]1O[C@H](COCc2ccccc2)[C@H](OCc2ccccc2)[C@H](OCc2ccccc2)[C@H]1OCc1ccccc1. The highest BCUT2D eigenvalue weighted by atomic mass is 16.7. The Morgan fingerprint density at radius 1 is 0.524 bits per heavy atom. The molecule has 7 nitrogen and oxygen atoms in total. The van der Waals surface area contributed by atoms with E-state index in [0.29, 0.717) is 26.3 Å². The van der Waals surface area contributed by atoms with E-state index in [1.807, 2.05) is 121 Å². The molecule has 1 aliphatic rings. The van der Waals surface area contributed by atoms with Gasteiger partial charge < -0.3 is 28.4 Å². The third-order valence-electron chi connectivity index (χ3n) is 7.03. The van der Waals surface area contributed by atoms with Crippen LogP contribution in [0.2, 0.25) is 0 Å². The second kappa shape index (κ2) is 16.0. The topological polar surface area (TPSA) is 72.5 Å². The van der Waals surface area contributed by atoms with Crippen molar-refractivity contribution in [1.82, 2.24) is 0 Å². The Kier molecular flexibility index (Phi) is 11.3. The standard InChI is InChI=1S/C35H36O7/c36-26-41-35-34(40-24-30-19-11-4-12-20-30)33(39-23-29-17-9-3-10-18-29)32(38-22-28-15-7-2-8-16-28)31(42-35)25-37-21-27-13-5-1-6-14-27/h1-20,26,31-35H,21-25H2/t31-,32+,33+,34-,35+/m1/s1. The van der Waals surface area contributed by atoms with Crippen LogP contribution in [0.5, 0.6) is 0 Å². The molecule has 5 rings (SSSR count). The Morgan fingerprint density at radius 2 is 0.929 bits per heavy atom. The molecule has 7 heteroatoms. The molecule has 0 N–H and O–H groups in total. The zero-order valence-corrected chi connectivity index (χ0v) is 23.4. The van der Waals surface area contributed by atoms with Crippen molar-refractivity contribution in [3.05, 3.63) is 144 Å². The van der Waals surface area contributed by atoms with Crippen LogP contribution in [0.1, 0.15) is 22.3 Å². The van der Waals surface area contributed by atoms with Crippen LogP contribution in [0, 0.1) is 0 Å². The molecular weight excluding hydrogens is 532 g/mol. The molecule has 5 atom stereocenters. The minimum absolute atomic E-state index is 0.198. The maximum Gasteiger partial charge on any atom is 0.295 e. The van der Waals surface area contributed by atoms with Crippen LogP contribution in [0.4, 0.5) is 0 Å². The van der Waals surface area contributed by atoms with E-state index in [2.05, 4.69) is 0 Å². The summed E-state index contributed by atoms with van der Waals surface area (Å²) >= 11 is 0. The van der Waals surface area contributed by atoms with Gasteiger partial charge in [0.05, 0.1) is 33.0 Å². The monoisotopic (exact) mass is 568 g/mol. The molecule has 0 bridgehead atoms. The summed E-state index contributed by atoms with van der Waals surface area (Å²) in [6, 6.07) is 39.5. The largest absolute Gasteiger partial charge is 0.435 e. The first kappa shape index (κ1) is 29.6. The Balaban J connectivity index is 1.40. The second-order valence-electron chi connectivity index (χ2n) is 10.1. The number of carbonyl (C=O) groups excluding carboxylic acids is 1. The minimum atomic E-state index is -1.02. The van der Waals surface area contributed by atoms with Gasteiger partial charge in [0.15, 0.2) is 0 Å². The highest BCUT2D eigenvalue weighted by Gasteiger charge is 2.49. The van der Waals surface area contributed by atoms with Crippen molar-refractivity contribution < 1.29 is 33.2 Å². The van der Waals surface area contributed by atoms with Crippen LogP contribution >= 0.6 is 0 Å². The number of rotatable bonds is 15. The van der Waals surface area contributed by atoms with Crippen LogP contribution in [0.3, 0.4) is 0 Å². The molecular formula is C35H36O7. The molecule has 0 aromatic heterocycles. The van der Waals surface area contributed by atoms with E-state index in [-0.39, 0.29) is 13.2 Å². The van der Waals surface area contributed by atoms with Crippen LogP contribution in [-0.2, 0) is 59.6 Å². The van der Waals surface area contributed by atoms with Gasteiger partial charge in [0.1, 0.15) is 24.4 Å². The Morgan fingerprint density at radius 3 is 1.38 bits per heavy atom. The van der Waals surface area contributed by atoms with Gasteiger partial charge in [-0.3, -0.25) is 4.79 Å². The fraction of sp³-hybridized carbons (Fsp3) is 0.286. The smallest absolute Gasteiger partial charge is 0.295 e. The first-order valence-electron chi connectivity index (χ1n) is 14.1. The lowest BCUT2D eigenvalue weighted by Gasteiger charge is -2.45. The lowest BCUT2D eigenvalue weighted by atomic mass is 9.97. The molecule has 4 aromatic carbocycles. The zero-order valence-electron chi connectivity index (χ0n) is 23.4. The fourth-order valence-corrected chi connectivity index (χ4v) is 4.91. The minimum Gasteiger partial charge on any atom is -0.435 e. The van der Waals surface area contributed by atoms with Crippen molar-refractivity contribution in [2.45, 2.75) is 57.1 Å². The molecule has 218 valence electrons. The van der Waals surface area contributed by atoms with Gasteiger partial charge in [0.25, 0.3) is 6.47 Å². The Labute approximate surface area is 246 Å². The molecule has 1 aliphatic heterocycles. The number of ether oxygens (including phenoxy) is 6. The third kappa shape index (κ3) is 8.58. The molecule has 0 radical (unpaired) electrons. The summed E-state index contributed by atoms with van der Waals surface area (Å²) in [4.78, 5) is 11.6. The first-order chi connectivity index (χ1) is 20.8.